The number of fused-ring (bicyclic) bond motifs is 1. The summed E-state index contributed by atoms with van der Waals surface area (Å²) in [6.45, 7) is 4.08. The van der Waals surface area contributed by atoms with E-state index in [2.05, 4.69) is 36.0 Å². The van der Waals surface area contributed by atoms with Gasteiger partial charge in [-0.3, -0.25) is 9.08 Å². The molecule has 4 aromatic rings. The summed E-state index contributed by atoms with van der Waals surface area (Å²) >= 11 is 1.47. The van der Waals surface area contributed by atoms with E-state index in [1.54, 1.807) is 11.7 Å². The number of aryl methyl sites for hydroxylation is 2. The van der Waals surface area contributed by atoms with Gasteiger partial charge < -0.3 is 10.6 Å². The van der Waals surface area contributed by atoms with Gasteiger partial charge >= 0.3 is 0 Å². The molecule has 3 N–H and O–H groups in total. The number of thiophene rings is 1. The summed E-state index contributed by atoms with van der Waals surface area (Å²) < 4.78 is 19.8. The summed E-state index contributed by atoms with van der Waals surface area (Å²) in [7, 11) is 2.38. The Morgan fingerprint density at radius 2 is 2.21 bits per heavy atom. The monoisotopic (exact) mass is 484 g/mol. The molecule has 11 heteroatoms. The maximum absolute atomic E-state index is 12.3. The quantitative estimate of drug-likeness (QED) is 0.373. The second-order valence-electron chi connectivity index (χ2n) is 8.42. The van der Waals surface area contributed by atoms with Crippen molar-refractivity contribution in [3.8, 4) is 11.3 Å². The van der Waals surface area contributed by atoms with E-state index in [0.29, 0.717) is 11.7 Å². The van der Waals surface area contributed by atoms with Crippen molar-refractivity contribution in [1.82, 2.24) is 34.2 Å². The molecule has 9 nitrogen and oxygen atoms in total. The zero-order chi connectivity index (χ0) is 22.9. The zero-order valence-corrected chi connectivity index (χ0v) is 20.6. The predicted molar refractivity (Wildman–Crippen MR) is 132 cm³/mol. The van der Waals surface area contributed by atoms with Crippen LogP contribution < -0.4 is 15.4 Å². The second-order valence-corrected chi connectivity index (χ2v) is 11.1. The average molecular weight is 485 g/mol. The molecule has 0 aliphatic carbocycles. The molecule has 5 heterocycles. The van der Waals surface area contributed by atoms with Crippen LogP contribution >= 0.6 is 11.3 Å². The second kappa shape index (κ2) is 9.34. The third-order valence-electron chi connectivity index (χ3n) is 5.91. The van der Waals surface area contributed by atoms with Crippen molar-refractivity contribution in [1.29, 1.82) is 0 Å². The number of nitrogens with one attached hydrogen (secondary N) is 3. The molecule has 1 aliphatic heterocycles. The van der Waals surface area contributed by atoms with E-state index in [1.165, 1.54) is 24.2 Å². The minimum Gasteiger partial charge on any atom is -0.329 e. The predicted octanol–water partition coefficient (Wildman–Crippen LogP) is 3.03. The van der Waals surface area contributed by atoms with Crippen molar-refractivity contribution in [3.05, 3.63) is 42.1 Å². The largest absolute Gasteiger partial charge is 0.329 e. The van der Waals surface area contributed by atoms with Gasteiger partial charge in [-0.15, -0.1) is 11.3 Å². The highest BCUT2D eigenvalue weighted by atomic mass is 32.2. The Morgan fingerprint density at radius 1 is 1.33 bits per heavy atom. The van der Waals surface area contributed by atoms with Crippen molar-refractivity contribution >= 4 is 38.8 Å². The van der Waals surface area contributed by atoms with Gasteiger partial charge in [0.05, 0.1) is 28.8 Å². The van der Waals surface area contributed by atoms with Gasteiger partial charge in [-0.1, -0.05) is 0 Å². The molecule has 0 amide bonds. The Morgan fingerprint density at radius 3 is 2.94 bits per heavy atom. The molecule has 2 unspecified atom stereocenters. The number of hydrogen-bond acceptors (Lipinski definition) is 7. The highest BCUT2D eigenvalue weighted by molar-refractivity contribution is 7.85. The Hall–Kier alpha value is -2.60. The first-order valence-electron chi connectivity index (χ1n) is 11.0. The lowest BCUT2D eigenvalue weighted by molar-refractivity contribution is 0.373. The van der Waals surface area contributed by atoms with E-state index in [0.717, 1.165) is 56.9 Å². The van der Waals surface area contributed by atoms with Crippen LogP contribution in [0.3, 0.4) is 0 Å². The highest BCUT2D eigenvalue weighted by Gasteiger charge is 2.19. The lowest BCUT2D eigenvalue weighted by Gasteiger charge is -2.22. The molecule has 33 heavy (non-hydrogen) atoms. The van der Waals surface area contributed by atoms with E-state index in [1.807, 2.05) is 38.6 Å². The van der Waals surface area contributed by atoms with Crippen molar-refractivity contribution in [2.45, 2.75) is 30.4 Å². The minimum atomic E-state index is -1.22. The molecule has 0 aromatic carbocycles. The van der Waals surface area contributed by atoms with Gasteiger partial charge in [0.1, 0.15) is 15.2 Å². The SMILES string of the molecule is CNS(=O)c1sc(Nc2nc(CC3CCCNC3)cn3c(-c4cnn(C)c4)cnc23)cc1C. The number of rotatable bonds is 7. The van der Waals surface area contributed by atoms with E-state index in [4.69, 9.17) is 4.98 Å². The van der Waals surface area contributed by atoms with Crippen LogP contribution in [0, 0.1) is 12.8 Å². The molecule has 174 valence electrons. The number of anilines is 2. The maximum Gasteiger partial charge on any atom is 0.180 e. The first-order chi connectivity index (χ1) is 16.0. The van der Waals surface area contributed by atoms with E-state index < -0.39 is 11.0 Å². The average Bonchev–Trinajstić information content (AvgIpc) is 3.52. The maximum atomic E-state index is 12.3. The van der Waals surface area contributed by atoms with E-state index in [9.17, 15) is 4.21 Å². The highest BCUT2D eigenvalue weighted by Crippen LogP contribution is 2.33. The smallest absolute Gasteiger partial charge is 0.180 e. The van der Waals surface area contributed by atoms with Crippen LogP contribution in [-0.4, -0.2) is 48.5 Å². The van der Waals surface area contributed by atoms with E-state index >= 15 is 0 Å². The summed E-state index contributed by atoms with van der Waals surface area (Å²) in [5.74, 6) is 1.27. The number of nitrogens with zero attached hydrogens (tertiary/aromatic N) is 5. The van der Waals surface area contributed by atoms with Gasteiger partial charge in [0.15, 0.2) is 11.5 Å². The van der Waals surface area contributed by atoms with E-state index in [-0.39, 0.29) is 0 Å². The van der Waals surface area contributed by atoms with Gasteiger partial charge in [-0.25, -0.2) is 18.9 Å². The van der Waals surface area contributed by atoms with Crippen LogP contribution in [0.5, 0.6) is 0 Å². The summed E-state index contributed by atoms with van der Waals surface area (Å²) in [4.78, 5) is 9.67. The number of imidazole rings is 1. The van der Waals surface area contributed by atoms with Crippen molar-refractivity contribution in [3.63, 3.8) is 0 Å². The van der Waals surface area contributed by atoms with Gasteiger partial charge in [0.25, 0.3) is 0 Å². The standard InChI is InChI=1S/C22H28N8OS2/c1-14-7-19(32-22(14)33(31)23-2)28-20-21-25-11-18(16-10-26-29(3)12-16)30(21)13-17(27-20)8-15-5-4-6-24-9-15/h7,10-13,15,23-24H,4-6,8-9H2,1-3H3,(H,27,28). The van der Waals surface area contributed by atoms with Crippen LogP contribution in [-0.2, 0) is 24.5 Å². The molecule has 1 fully saturated rings. The fourth-order valence-electron chi connectivity index (χ4n) is 4.30. The van der Waals surface area contributed by atoms with Crippen molar-refractivity contribution < 1.29 is 4.21 Å². The molecule has 5 rings (SSSR count). The number of aromatic nitrogens is 5. The molecule has 4 aromatic heterocycles. The topological polar surface area (TPSA) is 101 Å². The molecule has 0 saturated carbocycles. The van der Waals surface area contributed by atoms with Crippen LogP contribution in [0.1, 0.15) is 24.1 Å². The lowest BCUT2D eigenvalue weighted by atomic mass is 9.95. The molecular formula is C22H28N8OS2. The molecule has 1 saturated heterocycles. The summed E-state index contributed by atoms with van der Waals surface area (Å²) in [6.07, 6.45) is 11.1. The first kappa shape index (κ1) is 22.2. The molecule has 2 atom stereocenters. The van der Waals surface area contributed by atoms with Gasteiger partial charge in [-0.05, 0) is 63.9 Å². The fraction of sp³-hybridized carbons (Fsp3) is 0.409. The van der Waals surface area contributed by atoms with Crippen molar-refractivity contribution in [2.24, 2.45) is 13.0 Å². The minimum absolute atomic E-state index is 0.565. The van der Waals surface area contributed by atoms with Crippen LogP contribution in [0.25, 0.3) is 16.9 Å². The normalized spacial score (nSPS) is 17.5. The molecule has 0 bridgehead atoms. The van der Waals surface area contributed by atoms with Crippen LogP contribution in [0.4, 0.5) is 10.8 Å². The third-order valence-corrected chi connectivity index (χ3v) is 8.59. The number of piperidine rings is 1. The Labute approximate surface area is 199 Å². The molecule has 1 aliphatic rings. The summed E-state index contributed by atoms with van der Waals surface area (Å²) in [5.41, 5.74) is 4.74. The third kappa shape index (κ3) is 4.58. The van der Waals surface area contributed by atoms with Gasteiger partial charge in [0.2, 0.25) is 0 Å². The van der Waals surface area contributed by atoms with Crippen molar-refractivity contribution in [2.75, 3.05) is 25.5 Å². The fourth-order valence-corrected chi connectivity index (χ4v) is 6.46. The van der Waals surface area contributed by atoms with Gasteiger partial charge in [0, 0.05) is 25.0 Å². The summed E-state index contributed by atoms with van der Waals surface area (Å²) in [5, 5.41) is 12.2. The van der Waals surface area contributed by atoms with Crippen LogP contribution in [0.2, 0.25) is 0 Å². The first-order valence-corrected chi connectivity index (χ1v) is 13.0. The Bertz CT molecular complexity index is 1300. The summed E-state index contributed by atoms with van der Waals surface area (Å²) in [6, 6.07) is 2.01. The van der Waals surface area contributed by atoms with Crippen LogP contribution in [0.15, 0.2) is 35.1 Å². The lowest BCUT2D eigenvalue weighted by Crippen LogP contribution is -2.31. The molecule has 0 spiro atoms. The number of hydrogen-bond donors (Lipinski definition) is 3. The Kier molecular flexibility index (Phi) is 6.28. The van der Waals surface area contributed by atoms with Gasteiger partial charge in [-0.2, -0.15) is 5.10 Å². The zero-order valence-electron chi connectivity index (χ0n) is 19.0. The molecular weight excluding hydrogens is 456 g/mol. The molecule has 0 radical (unpaired) electrons. The Balaban J connectivity index is 1.56.